The summed E-state index contributed by atoms with van der Waals surface area (Å²) >= 11 is 0. The first kappa shape index (κ1) is 20.2. The second-order valence-electron chi connectivity index (χ2n) is 6.32. The molecule has 144 valence electrons. The monoisotopic (exact) mass is 373 g/mol. The lowest BCUT2D eigenvalue weighted by Crippen LogP contribution is -2.23. The van der Waals surface area contributed by atoms with Crippen LogP contribution in [0.1, 0.15) is 37.8 Å². The van der Waals surface area contributed by atoms with Crippen molar-refractivity contribution in [2.24, 2.45) is 0 Å². The number of nitrogens with one attached hydrogen (secondary N) is 1. The van der Waals surface area contributed by atoms with Crippen molar-refractivity contribution in [3.8, 4) is 17.1 Å². The molecule has 0 atom stereocenters. The van der Waals surface area contributed by atoms with Crippen LogP contribution in [0.4, 0.5) is 5.82 Å². The summed E-state index contributed by atoms with van der Waals surface area (Å²) in [4.78, 5) is 27.2. The first-order valence-corrected chi connectivity index (χ1v) is 8.73. The standard InChI is InChI=1S/C17H21N3O.C2H2O4/c1-12-11-16(19-13-7-3-2-4-8-13)20-17(18-12)14-9-5-6-10-15(14)21;3-1(4)2(5)6/h5-6,9-11,13,21H,2-4,7-8H2,1H3,(H,18,19,20);(H,3,4)(H,5,6). The van der Waals surface area contributed by atoms with Crippen LogP contribution in [0, 0.1) is 6.92 Å². The van der Waals surface area contributed by atoms with Crippen LogP contribution in [-0.4, -0.2) is 43.3 Å². The van der Waals surface area contributed by atoms with Gasteiger partial charge in [-0.25, -0.2) is 19.6 Å². The Morgan fingerprint density at radius 1 is 1.04 bits per heavy atom. The van der Waals surface area contributed by atoms with Gasteiger partial charge >= 0.3 is 11.9 Å². The zero-order valence-electron chi connectivity index (χ0n) is 15.1. The Labute approximate surface area is 156 Å². The van der Waals surface area contributed by atoms with Crippen LogP contribution in [0.2, 0.25) is 0 Å². The molecule has 1 fully saturated rings. The van der Waals surface area contributed by atoms with Crippen LogP contribution < -0.4 is 5.32 Å². The van der Waals surface area contributed by atoms with E-state index in [1.807, 2.05) is 25.1 Å². The molecule has 27 heavy (non-hydrogen) atoms. The van der Waals surface area contributed by atoms with Crippen molar-refractivity contribution in [3.63, 3.8) is 0 Å². The van der Waals surface area contributed by atoms with Crippen molar-refractivity contribution in [2.45, 2.75) is 45.1 Å². The highest BCUT2D eigenvalue weighted by Crippen LogP contribution is 2.27. The highest BCUT2D eigenvalue weighted by Gasteiger charge is 2.15. The summed E-state index contributed by atoms with van der Waals surface area (Å²) in [6.07, 6.45) is 6.32. The lowest BCUT2D eigenvalue weighted by Gasteiger charge is -2.23. The Balaban J connectivity index is 0.000000380. The lowest BCUT2D eigenvalue weighted by atomic mass is 9.95. The number of phenols is 1. The Bertz CT molecular complexity index is 792. The molecule has 0 radical (unpaired) electrons. The number of para-hydroxylation sites is 1. The number of phenolic OH excluding ortho intramolecular Hbond substituents is 1. The molecule has 0 aliphatic heterocycles. The van der Waals surface area contributed by atoms with Crippen molar-refractivity contribution < 1.29 is 24.9 Å². The SMILES string of the molecule is Cc1cc(NC2CCCCC2)nc(-c2ccccc2O)n1.O=C(O)C(=O)O. The molecule has 1 aliphatic rings. The predicted molar refractivity (Wildman–Crippen MR) is 99.6 cm³/mol. The number of aliphatic carboxylic acids is 2. The minimum atomic E-state index is -1.82. The van der Waals surface area contributed by atoms with Gasteiger partial charge in [0.2, 0.25) is 0 Å². The molecular weight excluding hydrogens is 350 g/mol. The summed E-state index contributed by atoms with van der Waals surface area (Å²) < 4.78 is 0. The fourth-order valence-electron chi connectivity index (χ4n) is 2.88. The number of nitrogens with zero attached hydrogens (tertiary/aromatic N) is 2. The summed E-state index contributed by atoms with van der Waals surface area (Å²) in [5.41, 5.74) is 1.58. The Morgan fingerprint density at radius 3 is 2.26 bits per heavy atom. The number of aromatic hydroxyl groups is 1. The van der Waals surface area contributed by atoms with Gasteiger partial charge in [0.15, 0.2) is 5.82 Å². The fraction of sp³-hybridized carbons (Fsp3) is 0.368. The molecule has 1 saturated carbocycles. The molecule has 0 amide bonds. The minimum Gasteiger partial charge on any atom is -0.507 e. The number of carbonyl (C=O) groups is 2. The van der Waals surface area contributed by atoms with E-state index in [0.717, 1.165) is 11.5 Å². The molecule has 1 aromatic carbocycles. The Hall–Kier alpha value is -3.16. The molecule has 0 bridgehead atoms. The topological polar surface area (TPSA) is 133 Å². The van der Waals surface area contributed by atoms with E-state index in [-0.39, 0.29) is 5.75 Å². The number of benzene rings is 1. The second-order valence-corrected chi connectivity index (χ2v) is 6.32. The lowest BCUT2D eigenvalue weighted by molar-refractivity contribution is -0.159. The summed E-state index contributed by atoms with van der Waals surface area (Å²) in [5.74, 6) is -2.00. The maximum atomic E-state index is 9.97. The zero-order valence-corrected chi connectivity index (χ0v) is 15.1. The van der Waals surface area contributed by atoms with Gasteiger partial charge in [-0.3, -0.25) is 0 Å². The van der Waals surface area contributed by atoms with Crippen LogP contribution in [0.3, 0.4) is 0 Å². The number of aromatic nitrogens is 2. The highest BCUT2D eigenvalue weighted by atomic mass is 16.4. The molecule has 1 aromatic heterocycles. The predicted octanol–water partition coefficient (Wildman–Crippen LogP) is 3.06. The van der Waals surface area contributed by atoms with Crippen molar-refractivity contribution in [2.75, 3.05) is 5.32 Å². The quantitative estimate of drug-likeness (QED) is 0.603. The zero-order chi connectivity index (χ0) is 19.8. The van der Waals surface area contributed by atoms with Gasteiger partial charge in [0.25, 0.3) is 0 Å². The molecule has 0 spiro atoms. The van der Waals surface area contributed by atoms with E-state index in [1.165, 1.54) is 32.1 Å². The van der Waals surface area contributed by atoms with E-state index >= 15 is 0 Å². The van der Waals surface area contributed by atoms with Crippen molar-refractivity contribution >= 4 is 17.8 Å². The molecule has 2 aromatic rings. The number of hydrogen-bond acceptors (Lipinski definition) is 6. The van der Waals surface area contributed by atoms with Gasteiger partial charge in [0.1, 0.15) is 11.6 Å². The van der Waals surface area contributed by atoms with Crippen LogP contribution >= 0.6 is 0 Å². The molecule has 8 heteroatoms. The van der Waals surface area contributed by atoms with Crippen molar-refractivity contribution in [3.05, 3.63) is 36.0 Å². The van der Waals surface area contributed by atoms with Crippen molar-refractivity contribution in [1.82, 2.24) is 9.97 Å². The fourth-order valence-corrected chi connectivity index (χ4v) is 2.88. The molecule has 0 saturated heterocycles. The number of carboxylic acids is 2. The summed E-state index contributed by atoms with van der Waals surface area (Å²) in [6, 6.07) is 9.66. The summed E-state index contributed by atoms with van der Waals surface area (Å²) in [7, 11) is 0. The van der Waals surface area contributed by atoms with E-state index < -0.39 is 11.9 Å². The third kappa shape index (κ3) is 6.25. The van der Waals surface area contributed by atoms with Crippen molar-refractivity contribution in [1.29, 1.82) is 0 Å². The van der Waals surface area contributed by atoms with Crippen LogP contribution in [0.25, 0.3) is 11.4 Å². The average Bonchev–Trinajstić information content (AvgIpc) is 2.63. The van der Waals surface area contributed by atoms with Crippen LogP contribution in [0.5, 0.6) is 5.75 Å². The largest absolute Gasteiger partial charge is 0.507 e. The maximum absolute atomic E-state index is 9.97. The van der Waals surface area contributed by atoms with E-state index in [2.05, 4.69) is 15.3 Å². The van der Waals surface area contributed by atoms with Crippen LogP contribution in [0.15, 0.2) is 30.3 Å². The van der Waals surface area contributed by atoms with E-state index in [4.69, 9.17) is 19.8 Å². The smallest absolute Gasteiger partial charge is 0.414 e. The van der Waals surface area contributed by atoms with Crippen LogP contribution in [-0.2, 0) is 9.59 Å². The highest BCUT2D eigenvalue weighted by molar-refractivity contribution is 6.27. The van der Waals surface area contributed by atoms with Gasteiger partial charge < -0.3 is 20.6 Å². The number of hydrogen-bond donors (Lipinski definition) is 4. The molecular formula is C19H23N3O5. The van der Waals surface area contributed by atoms with Gasteiger partial charge in [0, 0.05) is 17.8 Å². The normalized spacial score (nSPS) is 14.0. The number of carboxylic acid groups (broad SMARTS) is 2. The molecule has 0 unspecified atom stereocenters. The van der Waals surface area contributed by atoms with Gasteiger partial charge in [-0.2, -0.15) is 0 Å². The maximum Gasteiger partial charge on any atom is 0.414 e. The summed E-state index contributed by atoms with van der Waals surface area (Å²) in [5, 5.41) is 28.3. The Morgan fingerprint density at radius 2 is 1.67 bits per heavy atom. The minimum absolute atomic E-state index is 0.215. The third-order valence-corrected chi connectivity index (χ3v) is 4.14. The number of aryl methyl sites for hydroxylation is 1. The average molecular weight is 373 g/mol. The number of anilines is 1. The van der Waals surface area contributed by atoms with Gasteiger partial charge in [-0.1, -0.05) is 31.4 Å². The van der Waals surface area contributed by atoms with Gasteiger partial charge in [0.05, 0.1) is 5.56 Å². The molecule has 8 nitrogen and oxygen atoms in total. The number of rotatable bonds is 3. The first-order chi connectivity index (χ1) is 12.9. The Kier molecular flexibility index (Phi) is 7.10. The third-order valence-electron chi connectivity index (χ3n) is 4.14. The van der Waals surface area contributed by atoms with E-state index in [1.54, 1.807) is 12.1 Å². The molecule has 3 rings (SSSR count). The van der Waals surface area contributed by atoms with Gasteiger partial charge in [-0.15, -0.1) is 0 Å². The molecule has 1 aliphatic carbocycles. The second kappa shape index (κ2) is 9.51. The molecule has 1 heterocycles. The molecule has 4 N–H and O–H groups in total. The van der Waals surface area contributed by atoms with E-state index in [0.29, 0.717) is 17.4 Å². The summed E-state index contributed by atoms with van der Waals surface area (Å²) in [6.45, 7) is 1.96. The van der Waals surface area contributed by atoms with Gasteiger partial charge in [-0.05, 0) is 31.9 Å². The first-order valence-electron chi connectivity index (χ1n) is 8.73. The van der Waals surface area contributed by atoms with E-state index in [9.17, 15) is 5.11 Å².